The molecule has 1 saturated carbocycles. The van der Waals surface area contributed by atoms with E-state index in [1.807, 2.05) is 14.1 Å². The van der Waals surface area contributed by atoms with Crippen LogP contribution in [0.4, 0.5) is 0 Å². The molecule has 2 rings (SSSR count). The van der Waals surface area contributed by atoms with Crippen LogP contribution in [-0.4, -0.2) is 61.5 Å². The minimum atomic E-state index is 0.0503. The molecular weight excluding hydrogens is 178 g/mol. The molecule has 0 aromatic rings. The van der Waals surface area contributed by atoms with Gasteiger partial charge in [0.05, 0.1) is 0 Å². The van der Waals surface area contributed by atoms with Gasteiger partial charge in [-0.1, -0.05) is 0 Å². The van der Waals surface area contributed by atoms with Crippen LogP contribution in [0, 0.1) is 0 Å². The van der Waals surface area contributed by atoms with Gasteiger partial charge in [-0.3, -0.25) is 9.69 Å². The van der Waals surface area contributed by atoms with Crippen LogP contribution in [0.15, 0.2) is 0 Å². The predicted molar refractivity (Wildman–Crippen MR) is 55.1 cm³/mol. The highest BCUT2D eigenvalue weighted by Gasteiger charge is 2.39. The molecule has 1 aliphatic heterocycles. The van der Waals surface area contributed by atoms with Crippen LogP contribution < -0.4 is 5.32 Å². The molecule has 1 saturated heterocycles. The maximum Gasteiger partial charge on any atom is 0.241 e. The van der Waals surface area contributed by atoms with Crippen LogP contribution in [0.5, 0.6) is 0 Å². The molecule has 0 aromatic heterocycles. The van der Waals surface area contributed by atoms with E-state index in [4.69, 9.17) is 0 Å². The van der Waals surface area contributed by atoms with Gasteiger partial charge in [0, 0.05) is 25.7 Å². The van der Waals surface area contributed by atoms with Gasteiger partial charge in [-0.25, -0.2) is 0 Å². The third-order valence-corrected chi connectivity index (χ3v) is 3.18. The summed E-state index contributed by atoms with van der Waals surface area (Å²) in [6.07, 6.45) is 2.42. The summed E-state index contributed by atoms with van der Waals surface area (Å²) in [7, 11) is 3.93. The number of hydrogen-bond donors (Lipinski definition) is 1. The molecule has 0 radical (unpaired) electrons. The normalized spacial score (nSPS) is 29.7. The van der Waals surface area contributed by atoms with Gasteiger partial charge in [-0.2, -0.15) is 0 Å². The lowest BCUT2D eigenvalue weighted by atomic mass is 10.1. The molecule has 1 N–H and O–H groups in total. The third kappa shape index (κ3) is 1.77. The van der Waals surface area contributed by atoms with Crippen molar-refractivity contribution in [2.75, 3.05) is 33.7 Å². The summed E-state index contributed by atoms with van der Waals surface area (Å²) >= 11 is 0. The summed E-state index contributed by atoms with van der Waals surface area (Å²) in [6.45, 7) is 2.69. The van der Waals surface area contributed by atoms with Crippen molar-refractivity contribution in [1.82, 2.24) is 15.1 Å². The number of nitrogens with one attached hydrogen (secondary N) is 1. The summed E-state index contributed by atoms with van der Waals surface area (Å²) in [4.78, 5) is 16.3. The molecule has 4 nitrogen and oxygen atoms in total. The number of piperazine rings is 1. The van der Waals surface area contributed by atoms with Crippen molar-refractivity contribution in [1.29, 1.82) is 0 Å². The number of rotatable bonds is 3. The highest BCUT2D eigenvalue weighted by Crippen LogP contribution is 2.29. The van der Waals surface area contributed by atoms with Crippen LogP contribution in [0.25, 0.3) is 0 Å². The highest BCUT2D eigenvalue weighted by molar-refractivity contribution is 5.83. The summed E-state index contributed by atoms with van der Waals surface area (Å²) in [6, 6.07) is 0.616. The summed E-state index contributed by atoms with van der Waals surface area (Å²) < 4.78 is 0. The van der Waals surface area contributed by atoms with Crippen LogP contribution in [-0.2, 0) is 4.79 Å². The number of carbonyl (C=O) groups is 1. The molecule has 1 heterocycles. The van der Waals surface area contributed by atoms with Crippen molar-refractivity contribution >= 4 is 5.91 Å². The molecule has 1 aliphatic carbocycles. The predicted octanol–water partition coefficient (Wildman–Crippen LogP) is -0.489. The zero-order valence-corrected chi connectivity index (χ0v) is 8.99. The van der Waals surface area contributed by atoms with Gasteiger partial charge < -0.3 is 10.2 Å². The molecule has 4 heteroatoms. The molecule has 0 bridgehead atoms. The van der Waals surface area contributed by atoms with Crippen LogP contribution in [0.3, 0.4) is 0 Å². The van der Waals surface area contributed by atoms with E-state index in [1.165, 1.54) is 12.8 Å². The summed E-state index contributed by atoms with van der Waals surface area (Å²) in [5.41, 5.74) is 0. The minimum absolute atomic E-state index is 0.0503. The number of carbonyl (C=O) groups excluding carboxylic acids is 1. The molecular formula is C10H19N3O. The first-order chi connectivity index (χ1) is 6.74. The molecule has 1 amide bonds. The molecule has 0 spiro atoms. The Kier molecular flexibility index (Phi) is 2.74. The second-order valence-corrected chi connectivity index (χ2v) is 4.32. The Morgan fingerprint density at radius 2 is 2.14 bits per heavy atom. The number of amides is 1. The standard InChI is InChI=1S/C10H19N3O/c1-11-7-9-10(14)13(8-3-4-8)6-5-12(9)2/h8-9,11H,3-7H2,1-2H3. The van der Waals surface area contributed by atoms with Crippen LogP contribution in [0.2, 0.25) is 0 Å². The Labute approximate surface area is 85.2 Å². The molecule has 80 valence electrons. The van der Waals surface area contributed by atoms with E-state index in [1.54, 1.807) is 0 Å². The Morgan fingerprint density at radius 1 is 1.43 bits per heavy atom. The highest BCUT2D eigenvalue weighted by atomic mass is 16.2. The summed E-state index contributed by atoms with van der Waals surface area (Å²) in [5.74, 6) is 0.315. The van der Waals surface area contributed by atoms with Gasteiger partial charge >= 0.3 is 0 Å². The van der Waals surface area contributed by atoms with Crippen LogP contribution >= 0.6 is 0 Å². The van der Waals surface area contributed by atoms with Gasteiger partial charge in [-0.15, -0.1) is 0 Å². The smallest absolute Gasteiger partial charge is 0.241 e. The van der Waals surface area contributed by atoms with Gasteiger partial charge in [-0.05, 0) is 26.9 Å². The Hall–Kier alpha value is -0.610. The van der Waals surface area contributed by atoms with Gasteiger partial charge in [0.2, 0.25) is 5.91 Å². The number of nitrogens with zero attached hydrogens (tertiary/aromatic N) is 2. The monoisotopic (exact) mass is 197 g/mol. The zero-order valence-electron chi connectivity index (χ0n) is 8.99. The van der Waals surface area contributed by atoms with E-state index in [-0.39, 0.29) is 6.04 Å². The maximum atomic E-state index is 12.1. The van der Waals surface area contributed by atoms with Crippen molar-refractivity contribution in [3.8, 4) is 0 Å². The lowest BCUT2D eigenvalue weighted by Gasteiger charge is -2.38. The van der Waals surface area contributed by atoms with E-state index in [0.717, 1.165) is 19.6 Å². The molecule has 14 heavy (non-hydrogen) atoms. The minimum Gasteiger partial charge on any atom is -0.337 e. The maximum absolute atomic E-state index is 12.1. The fourth-order valence-corrected chi connectivity index (χ4v) is 2.10. The molecule has 0 aromatic carbocycles. The largest absolute Gasteiger partial charge is 0.337 e. The van der Waals surface area contributed by atoms with E-state index in [9.17, 15) is 4.79 Å². The van der Waals surface area contributed by atoms with Gasteiger partial charge in [0.25, 0.3) is 0 Å². The Balaban J connectivity index is 2.01. The summed E-state index contributed by atoms with van der Waals surface area (Å²) in [5, 5.41) is 3.09. The topological polar surface area (TPSA) is 35.6 Å². The quantitative estimate of drug-likeness (QED) is 0.663. The molecule has 2 fully saturated rings. The van der Waals surface area contributed by atoms with E-state index >= 15 is 0 Å². The zero-order chi connectivity index (χ0) is 10.1. The Morgan fingerprint density at radius 3 is 2.71 bits per heavy atom. The second-order valence-electron chi connectivity index (χ2n) is 4.32. The first kappa shape index (κ1) is 9.93. The second kappa shape index (κ2) is 3.87. The lowest BCUT2D eigenvalue weighted by molar-refractivity contribution is -0.141. The van der Waals surface area contributed by atoms with E-state index in [2.05, 4.69) is 15.1 Å². The van der Waals surface area contributed by atoms with E-state index in [0.29, 0.717) is 11.9 Å². The molecule has 2 aliphatic rings. The fourth-order valence-electron chi connectivity index (χ4n) is 2.10. The van der Waals surface area contributed by atoms with E-state index < -0.39 is 0 Å². The third-order valence-electron chi connectivity index (χ3n) is 3.18. The molecule has 1 unspecified atom stereocenters. The van der Waals surface area contributed by atoms with Crippen molar-refractivity contribution in [3.05, 3.63) is 0 Å². The van der Waals surface area contributed by atoms with Crippen molar-refractivity contribution in [2.24, 2.45) is 0 Å². The lowest BCUT2D eigenvalue weighted by Crippen LogP contribution is -2.59. The molecule has 1 atom stereocenters. The average molecular weight is 197 g/mol. The average Bonchev–Trinajstić information content (AvgIpc) is 2.96. The van der Waals surface area contributed by atoms with Crippen molar-refractivity contribution in [2.45, 2.75) is 24.9 Å². The number of hydrogen-bond acceptors (Lipinski definition) is 3. The number of likely N-dealkylation sites (N-methyl/N-ethyl adjacent to an activating group) is 2. The van der Waals surface area contributed by atoms with Gasteiger partial charge in [0.1, 0.15) is 6.04 Å². The van der Waals surface area contributed by atoms with Crippen molar-refractivity contribution < 1.29 is 4.79 Å². The SMILES string of the molecule is CNCC1C(=O)N(C2CC2)CCN1C. The van der Waals surface area contributed by atoms with Crippen molar-refractivity contribution in [3.63, 3.8) is 0 Å². The Bertz CT molecular complexity index is 227. The fraction of sp³-hybridized carbons (Fsp3) is 0.900. The van der Waals surface area contributed by atoms with Crippen LogP contribution in [0.1, 0.15) is 12.8 Å². The van der Waals surface area contributed by atoms with Gasteiger partial charge in [0.15, 0.2) is 0 Å². The first-order valence-corrected chi connectivity index (χ1v) is 5.39. The first-order valence-electron chi connectivity index (χ1n) is 5.39.